The zero-order valence-electron chi connectivity index (χ0n) is 21.1. The summed E-state index contributed by atoms with van der Waals surface area (Å²) in [7, 11) is 0. The summed E-state index contributed by atoms with van der Waals surface area (Å²) in [5, 5.41) is 0. The molecule has 2 nitrogen and oxygen atoms in total. The van der Waals surface area contributed by atoms with Gasteiger partial charge in [0.1, 0.15) is 0 Å². The van der Waals surface area contributed by atoms with Crippen LogP contribution in [-0.2, 0) is 19.5 Å². The highest BCUT2D eigenvalue weighted by Crippen LogP contribution is 2.22. The maximum atomic E-state index is 6.65. The summed E-state index contributed by atoms with van der Waals surface area (Å²) in [5.41, 5.74) is 11.9. The summed E-state index contributed by atoms with van der Waals surface area (Å²) in [6.45, 7) is 7.74. The molecule has 0 amide bonds. The average Bonchev–Trinajstić information content (AvgIpc) is 2.88. The zero-order valence-corrected chi connectivity index (χ0v) is 21.1. The first kappa shape index (κ1) is 26.4. The molecule has 0 aromatic heterocycles. The Balaban J connectivity index is 1.81. The van der Waals surface area contributed by atoms with Gasteiger partial charge in [0.2, 0.25) is 0 Å². The second-order valence-electron chi connectivity index (χ2n) is 9.24. The molecule has 0 spiro atoms. The fourth-order valence-electron chi connectivity index (χ4n) is 4.62. The third-order valence-electron chi connectivity index (χ3n) is 6.37. The van der Waals surface area contributed by atoms with Crippen molar-refractivity contribution in [1.29, 1.82) is 0 Å². The summed E-state index contributed by atoms with van der Waals surface area (Å²) in [6, 6.07) is 33.0. The minimum absolute atomic E-state index is 0.117. The van der Waals surface area contributed by atoms with Gasteiger partial charge >= 0.3 is 0 Å². The lowest BCUT2D eigenvalue weighted by Gasteiger charge is -2.33. The van der Waals surface area contributed by atoms with Crippen LogP contribution >= 0.6 is 0 Å². The van der Waals surface area contributed by atoms with Gasteiger partial charge in [-0.15, -0.1) is 0 Å². The van der Waals surface area contributed by atoms with E-state index in [9.17, 15) is 0 Å². The number of rotatable bonds is 14. The van der Waals surface area contributed by atoms with Crippen molar-refractivity contribution >= 4 is 0 Å². The van der Waals surface area contributed by atoms with Crippen LogP contribution in [0.2, 0.25) is 0 Å². The van der Waals surface area contributed by atoms with E-state index in [0.29, 0.717) is 6.04 Å². The highest BCUT2D eigenvalue weighted by Gasteiger charge is 2.21. The molecular formula is C33H40N2. The fourth-order valence-corrected chi connectivity index (χ4v) is 4.62. The lowest BCUT2D eigenvalue weighted by molar-refractivity contribution is 0.162. The topological polar surface area (TPSA) is 29.3 Å². The van der Waals surface area contributed by atoms with E-state index >= 15 is 0 Å². The summed E-state index contributed by atoms with van der Waals surface area (Å²) < 4.78 is 0. The molecular weight excluding hydrogens is 424 g/mol. The van der Waals surface area contributed by atoms with Gasteiger partial charge in [0, 0.05) is 25.2 Å². The SMILES string of the molecule is C=C/C=C(\C=C/C)CC(N)CC[C@H](Cc1ccccc1)N(Cc1ccccc1)Cc1ccccc1. The van der Waals surface area contributed by atoms with Crippen LogP contribution in [0, 0.1) is 0 Å². The number of nitrogens with zero attached hydrogens (tertiary/aromatic N) is 1. The normalized spacial score (nSPS) is 13.7. The largest absolute Gasteiger partial charge is 0.327 e. The maximum Gasteiger partial charge on any atom is 0.0240 e. The number of nitrogens with two attached hydrogens (primary N) is 1. The molecule has 1 unspecified atom stereocenters. The Labute approximate surface area is 212 Å². The molecule has 182 valence electrons. The predicted molar refractivity (Wildman–Crippen MR) is 151 cm³/mol. The molecule has 2 atom stereocenters. The molecule has 0 radical (unpaired) electrons. The van der Waals surface area contributed by atoms with Gasteiger partial charge < -0.3 is 5.73 Å². The quantitative estimate of drug-likeness (QED) is 0.250. The van der Waals surface area contributed by atoms with E-state index in [1.807, 2.05) is 13.0 Å². The minimum atomic E-state index is 0.117. The number of allylic oxidation sites excluding steroid dienone is 4. The molecule has 3 aromatic rings. The molecule has 0 bridgehead atoms. The van der Waals surface area contributed by atoms with Gasteiger partial charge in [-0.05, 0) is 54.9 Å². The van der Waals surface area contributed by atoms with E-state index in [0.717, 1.165) is 38.8 Å². The van der Waals surface area contributed by atoms with Crippen molar-refractivity contribution < 1.29 is 0 Å². The first-order valence-corrected chi connectivity index (χ1v) is 12.7. The Bertz CT molecular complexity index is 997. The third kappa shape index (κ3) is 9.52. The number of hydrogen-bond acceptors (Lipinski definition) is 2. The second kappa shape index (κ2) is 14.9. The van der Waals surface area contributed by atoms with Crippen molar-refractivity contribution in [3.63, 3.8) is 0 Å². The Kier molecular flexibility index (Phi) is 11.3. The molecule has 0 aliphatic carbocycles. The monoisotopic (exact) mass is 464 g/mol. The van der Waals surface area contributed by atoms with Crippen LogP contribution in [0.15, 0.2) is 127 Å². The van der Waals surface area contributed by atoms with Gasteiger partial charge in [0.15, 0.2) is 0 Å². The first-order chi connectivity index (χ1) is 17.2. The molecule has 2 N–H and O–H groups in total. The van der Waals surface area contributed by atoms with Crippen LogP contribution in [0.1, 0.15) is 42.9 Å². The van der Waals surface area contributed by atoms with Gasteiger partial charge in [-0.1, -0.05) is 122 Å². The smallest absolute Gasteiger partial charge is 0.0240 e. The van der Waals surface area contributed by atoms with Crippen molar-refractivity contribution in [3.8, 4) is 0 Å². The number of hydrogen-bond donors (Lipinski definition) is 1. The summed E-state index contributed by atoms with van der Waals surface area (Å²) in [6.07, 6.45) is 12.0. The van der Waals surface area contributed by atoms with Crippen LogP contribution in [0.25, 0.3) is 0 Å². The zero-order chi connectivity index (χ0) is 24.7. The van der Waals surface area contributed by atoms with Crippen molar-refractivity contribution in [2.24, 2.45) is 5.73 Å². The van der Waals surface area contributed by atoms with Gasteiger partial charge in [0.25, 0.3) is 0 Å². The van der Waals surface area contributed by atoms with Crippen molar-refractivity contribution in [2.75, 3.05) is 0 Å². The van der Waals surface area contributed by atoms with Crippen LogP contribution in [0.5, 0.6) is 0 Å². The first-order valence-electron chi connectivity index (χ1n) is 12.7. The summed E-state index contributed by atoms with van der Waals surface area (Å²) >= 11 is 0. The molecule has 0 aliphatic rings. The molecule has 3 rings (SSSR count). The van der Waals surface area contributed by atoms with Crippen molar-refractivity contribution in [1.82, 2.24) is 4.90 Å². The van der Waals surface area contributed by atoms with Crippen LogP contribution in [0.4, 0.5) is 0 Å². The van der Waals surface area contributed by atoms with Crippen molar-refractivity contribution in [2.45, 2.75) is 57.8 Å². The van der Waals surface area contributed by atoms with E-state index in [1.54, 1.807) is 0 Å². The van der Waals surface area contributed by atoms with Crippen LogP contribution in [-0.4, -0.2) is 17.0 Å². The molecule has 35 heavy (non-hydrogen) atoms. The Hall–Kier alpha value is -3.20. The average molecular weight is 465 g/mol. The minimum Gasteiger partial charge on any atom is -0.327 e. The third-order valence-corrected chi connectivity index (χ3v) is 6.37. The highest BCUT2D eigenvalue weighted by molar-refractivity contribution is 5.24. The lowest BCUT2D eigenvalue weighted by Crippen LogP contribution is -2.37. The molecule has 0 saturated heterocycles. The van der Waals surface area contributed by atoms with Gasteiger partial charge in [-0.3, -0.25) is 4.90 Å². The van der Waals surface area contributed by atoms with Crippen LogP contribution in [0.3, 0.4) is 0 Å². The molecule has 0 saturated carbocycles. The molecule has 0 heterocycles. The molecule has 2 heteroatoms. The van der Waals surface area contributed by atoms with Gasteiger partial charge in [-0.2, -0.15) is 0 Å². The van der Waals surface area contributed by atoms with E-state index < -0.39 is 0 Å². The Morgan fingerprint density at radius 3 is 1.80 bits per heavy atom. The van der Waals surface area contributed by atoms with E-state index in [-0.39, 0.29) is 6.04 Å². The fraction of sp³-hybridized carbons (Fsp3) is 0.273. The lowest BCUT2D eigenvalue weighted by atomic mass is 9.94. The van der Waals surface area contributed by atoms with Crippen molar-refractivity contribution in [3.05, 3.63) is 144 Å². The van der Waals surface area contributed by atoms with Gasteiger partial charge in [0.05, 0.1) is 0 Å². The summed E-state index contributed by atoms with van der Waals surface area (Å²) in [4.78, 5) is 2.64. The standard InChI is InChI=1S/C33H40N2/c1-3-14-28(15-4-2)24-32(34)22-23-33(25-29-16-8-5-9-17-29)35(26-30-18-10-6-11-19-30)27-31-20-12-7-13-21-31/h3-21,32-33H,1,22-27,34H2,2H3/b15-4-,28-14+/t32?,33-/m1/s1. The Morgan fingerprint density at radius 1 is 0.800 bits per heavy atom. The van der Waals surface area contributed by atoms with E-state index in [1.165, 1.54) is 22.3 Å². The predicted octanol–water partition coefficient (Wildman–Crippen LogP) is 7.49. The second-order valence-corrected chi connectivity index (χ2v) is 9.24. The number of benzene rings is 3. The maximum absolute atomic E-state index is 6.65. The van der Waals surface area contributed by atoms with Gasteiger partial charge in [-0.25, -0.2) is 0 Å². The van der Waals surface area contributed by atoms with E-state index in [2.05, 4.69) is 121 Å². The Morgan fingerprint density at radius 2 is 1.31 bits per heavy atom. The summed E-state index contributed by atoms with van der Waals surface area (Å²) in [5.74, 6) is 0. The van der Waals surface area contributed by atoms with Crippen LogP contribution < -0.4 is 5.73 Å². The molecule has 3 aromatic carbocycles. The highest BCUT2D eigenvalue weighted by atomic mass is 15.2. The molecule has 0 fully saturated rings. The van der Waals surface area contributed by atoms with E-state index in [4.69, 9.17) is 5.73 Å². The molecule has 0 aliphatic heterocycles.